The molecule has 3 heterocycles. The van der Waals surface area contributed by atoms with Gasteiger partial charge in [0.2, 0.25) is 11.7 Å². The van der Waals surface area contributed by atoms with Crippen LogP contribution in [0.1, 0.15) is 31.6 Å². The summed E-state index contributed by atoms with van der Waals surface area (Å²) in [5.41, 5.74) is 0.881. The smallest absolute Gasteiger partial charge is 0.317 e. The van der Waals surface area contributed by atoms with Gasteiger partial charge in [-0.15, -0.1) is 0 Å². The molecule has 0 aliphatic carbocycles. The normalized spacial score (nSPS) is 21.9. The molecule has 2 aliphatic heterocycles. The number of benzene rings is 1. The molecule has 4 rings (SSSR count). The maximum absolute atomic E-state index is 12.4. The van der Waals surface area contributed by atoms with Gasteiger partial charge < -0.3 is 19.5 Å². The molecule has 7 heteroatoms. The Balaban J connectivity index is 1.62. The summed E-state index contributed by atoms with van der Waals surface area (Å²) in [6.45, 7) is 5.27. The van der Waals surface area contributed by atoms with Crippen molar-refractivity contribution in [1.29, 1.82) is 0 Å². The van der Waals surface area contributed by atoms with Gasteiger partial charge in [0.25, 0.3) is 0 Å². The molecule has 138 valence electrons. The Bertz CT molecular complexity index is 755. The van der Waals surface area contributed by atoms with Crippen LogP contribution in [0.4, 0.5) is 4.79 Å². The second-order valence-electron chi connectivity index (χ2n) is 7.07. The quantitative estimate of drug-likeness (QED) is 0.914. The minimum absolute atomic E-state index is 0.0244. The molecule has 2 saturated heterocycles. The van der Waals surface area contributed by atoms with E-state index in [1.54, 1.807) is 0 Å². The maximum atomic E-state index is 12.4. The van der Waals surface area contributed by atoms with E-state index in [4.69, 9.17) is 9.26 Å². The number of hydrogen-bond donors (Lipinski definition) is 1. The highest BCUT2D eigenvalue weighted by Crippen LogP contribution is 2.49. The maximum Gasteiger partial charge on any atom is 0.317 e. The summed E-state index contributed by atoms with van der Waals surface area (Å²) in [5, 5.41) is 7.08. The van der Waals surface area contributed by atoms with Gasteiger partial charge in [0.15, 0.2) is 0 Å². The predicted molar refractivity (Wildman–Crippen MR) is 95.6 cm³/mol. The first-order chi connectivity index (χ1) is 12.7. The van der Waals surface area contributed by atoms with Gasteiger partial charge in [-0.05, 0) is 19.8 Å². The van der Waals surface area contributed by atoms with Crippen molar-refractivity contribution >= 4 is 6.03 Å². The van der Waals surface area contributed by atoms with Crippen molar-refractivity contribution in [1.82, 2.24) is 20.4 Å². The number of rotatable bonds is 3. The van der Waals surface area contributed by atoms with Gasteiger partial charge in [-0.2, -0.15) is 4.98 Å². The van der Waals surface area contributed by atoms with Crippen LogP contribution in [-0.4, -0.2) is 53.9 Å². The summed E-state index contributed by atoms with van der Waals surface area (Å²) in [7, 11) is 0. The lowest BCUT2D eigenvalue weighted by atomic mass is 9.72. The zero-order valence-electron chi connectivity index (χ0n) is 15.0. The Labute approximate surface area is 152 Å². The molecule has 1 N–H and O–H groups in total. The summed E-state index contributed by atoms with van der Waals surface area (Å²) in [6.07, 6.45) is 1.80. The van der Waals surface area contributed by atoms with Gasteiger partial charge >= 0.3 is 6.03 Å². The van der Waals surface area contributed by atoms with Gasteiger partial charge in [-0.25, -0.2) is 4.79 Å². The van der Waals surface area contributed by atoms with Crippen LogP contribution < -0.4 is 5.32 Å². The number of nitrogens with one attached hydrogen (secondary N) is 1. The van der Waals surface area contributed by atoms with Crippen LogP contribution in [0.5, 0.6) is 0 Å². The molecule has 1 atom stereocenters. The molecule has 0 unspecified atom stereocenters. The topological polar surface area (TPSA) is 80.5 Å². The van der Waals surface area contributed by atoms with Gasteiger partial charge in [0, 0.05) is 43.8 Å². The fourth-order valence-electron chi connectivity index (χ4n) is 4.09. The lowest BCUT2D eigenvalue weighted by molar-refractivity contribution is 0.00943. The van der Waals surface area contributed by atoms with Crippen molar-refractivity contribution in [2.75, 3.05) is 32.8 Å². The van der Waals surface area contributed by atoms with Crippen molar-refractivity contribution in [3.63, 3.8) is 0 Å². The highest BCUT2D eigenvalue weighted by molar-refractivity contribution is 5.74. The molecule has 0 bridgehead atoms. The number of urea groups is 1. The monoisotopic (exact) mass is 356 g/mol. The van der Waals surface area contributed by atoms with Crippen LogP contribution in [0.15, 0.2) is 34.9 Å². The zero-order chi connectivity index (χ0) is 18.0. The van der Waals surface area contributed by atoms with Crippen LogP contribution >= 0.6 is 0 Å². The third kappa shape index (κ3) is 3.07. The Morgan fingerprint density at radius 2 is 2.08 bits per heavy atom. The van der Waals surface area contributed by atoms with E-state index >= 15 is 0 Å². The van der Waals surface area contributed by atoms with Crippen LogP contribution in [-0.2, 0) is 4.74 Å². The second-order valence-corrected chi connectivity index (χ2v) is 7.07. The van der Waals surface area contributed by atoms with E-state index in [1.165, 1.54) is 0 Å². The molecule has 7 nitrogen and oxygen atoms in total. The number of hydrogen-bond acceptors (Lipinski definition) is 5. The van der Waals surface area contributed by atoms with Crippen molar-refractivity contribution in [2.24, 2.45) is 5.41 Å². The van der Waals surface area contributed by atoms with E-state index in [-0.39, 0.29) is 17.4 Å². The number of likely N-dealkylation sites (tertiary alicyclic amines) is 1. The van der Waals surface area contributed by atoms with Crippen molar-refractivity contribution < 1.29 is 14.1 Å². The number of carbonyl (C=O) groups excluding carboxylic acids is 1. The fraction of sp³-hybridized carbons (Fsp3) is 0.526. The van der Waals surface area contributed by atoms with E-state index in [2.05, 4.69) is 15.5 Å². The molecule has 0 saturated carbocycles. The van der Waals surface area contributed by atoms with Gasteiger partial charge in [0.05, 0.1) is 5.92 Å². The molecule has 1 spiro atoms. The number of amides is 2. The summed E-state index contributed by atoms with van der Waals surface area (Å²) in [6, 6.07) is 9.78. The second kappa shape index (κ2) is 7.07. The first kappa shape index (κ1) is 17.0. The highest BCUT2D eigenvalue weighted by Gasteiger charge is 2.51. The van der Waals surface area contributed by atoms with Gasteiger partial charge in [-0.1, -0.05) is 35.5 Å². The third-order valence-electron chi connectivity index (χ3n) is 5.52. The van der Waals surface area contributed by atoms with E-state index in [1.807, 2.05) is 42.2 Å². The standard InChI is InChI=1S/C19H24N4O3/c1-2-20-18(24)23-12-15(19(13-23)8-10-25-11-9-19)17-21-16(22-26-17)14-6-4-3-5-7-14/h3-7,15H,2,8-13H2,1H3,(H,20,24)/t15-/m1/s1. The number of nitrogens with zero attached hydrogens (tertiary/aromatic N) is 3. The summed E-state index contributed by atoms with van der Waals surface area (Å²) in [4.78, 5) is 18.9. The predicted octanol–water partition coefficient (Wildman–Crippen LogP) is 2.66. The van der Waals surface area contributed by atoms with Crippen LogP contribution in [0.3, 0.4) is 0 Å². The Hall–Kier alpha value is -2.41. The third-order valence-corrected chi connectivity index (χ3v) is 5.52. The van der Waals surface area contributed by atoms with E-state index in [0.717, 1.165) is 18.4 Å². The molecule has 2 aliphatic rings. The average molecular weight is 356 g/mol. The number of carbonyl (C=O) groups is 1. The Morgan fingerprint density at radius 3 is 2.81 bits per heavy atom. The molecular weight excluding hydrogens is 332 g/mol. The zero-order valence-corrected chi connectivity index (χ0v) is 15.0. The summed E-state index contributed by atoms with van der Waals surface area (Å²) in [5.74, 6) is 1.26. The molecular formula is C19H24N4O3. The molecule has 1 aromatic carbocycles. The van der Waals surface area contributed by atoms with Crippen LogP contribution in [0.25, 0.3) is 11.4 Å². The first-order valence-electron chi connectivity index (χ1n) is 9.21. The van der Waals surface area contributed by atoms with Crippen molar-refractivity contribution in [3.8, 4) is 11.4 Å². The SMILES string of the molecule is CCNC(=O)N1C[C@H](c2nc(-c3ccccc3)no2)C2(CCOCC2)C1. The molecule has 26 heavy (non-hydrogen) atoms. The highest BCUT2D eigenvalue weighted by atomic mass is 16.5. The molecule has 2 aromatic rings. The van der Waals surface area contributed by atoms with Gasteiger partial charge in [0.1, 0.15) is 0 Å². The van der Waals surface area contributed by atoms with E-state index in [9.17, 15) is 4.79 Å². The number of aromatic nitrogens is 2. The van der Waals surface area contributed by atoms with Crippen LogP contribution in [0, 0.1) is 5.41 Å². The molecule has 2 fully saturated rings. The van der Waals surface area contributed by atoms with Crippen molar-refractivity contribution in [2.45, 2.75) is 25.7 Å². The van der Waals surface area contributed by atoms with Crippen LogP contribution in [0.2, 0.25) is 0 Å². The lowest BCUT2D eigenvalue weighted by Gasteiger charge is -2.36. The largest absolute Gasteiger partial charge is 0.381 e. The Morgan fingerprint density at radius 1 is 1.31 bits per heavy atom. The summed E-state index contributed by atoms with van der Waals surface area (Å²) >= 11 is 0. The minimum atomic E-state index is -0.0518. The number of ether oxygens (including phenoxy) is 1. The molecule has 0 radical (unpaired) electrons. The lowest BCUT2D eigenvalue weighted by Crippen LogP contribution is -2.41. The average Bonchev–Trinajstić information content (AvgIpc) is 3.29. The fourth-order valence-corrected chi connectivity index (χ4v) is 4.09. The first-order valence-corrected chi connectivity index (χ1v) is 9.21. The molecule has 2 amide bonds. The Kier molecular flexibility index (Phi) is 4.63. The minimum Gasteiger partial charge on any atom is -0.381 e. The molecule has 1 aromatic heterocycles. The summed E-state index contributed by atoms with van der Waals surface area (Å²) < 4.78 is 11.2. The van der Waals surface area contributed by atoms with E-state index in [0.29, 0.717) is 44.6 Å². The van der Waals surface area contributed by atoms with E-state index < -0.39 is 0 Å². The van der Waals surface area contributed by atoms with Crippen molar-refractivity contribution in [3.05, 3.63) is 36.2 Å². The van der Waals surface area contributed by atoms with Gasteiger partial charge in [-0.3, -0.25) is 0 Å².